The summed E-state index contributed by atoms with van der Waals surface area (Å²) < 4.78 is 61.4. The minimum Gasteiger partial charge on any atom is -0.282 e. The predicted octanol–water partition coefficient (Wildman–Crippen LogP) is 7.99. The minimum absolute atomic E-state index is 0.0366. The molecule has 0 amide bonds. The minimum atomic E-state index is -4.35. The Balaban J connectivity index is 0.000000221. The Labute approximate surface area is 275 Å². The van der Waals surface area contributed by atoms with Gasteiger partial charge in [0.15, 0.2) is 0 Å². The molecule has 5 aromatic carbocycles. The van der Waals surface area contributed by atoms with Crippen LogP contribution in [-0.4, -0.2) is 28.0 Å². The summed E-state index contributed by atoms with van der Waals surface area (Å²) in [6.07, 6.45) is 7.45. The van der Waals surface area contributed by atoms with Crippen molar-refractivity contribution in [3.05, 3.63) is 127 Å². The third-order valence-corrected chi connectivity index (χ3v) is 12.0. The molecule has 5 rings (SSSR count). The first-order valence-corrected chi connectivity index (χ1v) is 19.7. The van der Waals surface area contributed by atoms with Gasteiger partial charge in [0.2, 0.25) is 0 Å². The number of unbranched alkanes of at least 4 members (excludes halogenated alkanes) is 6. The molecular formula is C37H41O6PS2. The van der Waals surface area contributed by atoms with Crippen molar-refractivity contribution in [2.75, 3.05) is 6.61 Å². The van der Waals surface area contributed by atoms with E-state index in [4.69, 9.17) is 8.74 Å². The maximum Gasteiger partial charge on any atom is 0.296 e. The first-order valence-electron chi connectivity index (χ1n) is 15.5. The summed E-state index contributed by atoms with van der Waals surface area (Å²) >= 11 is 0. The van der Waals surface area contributed by atoms with Crippen LogP contribution < -0.4 is 15.9 Å². The van der Waals surface area contributed by atoms with Gasteiger partial charge in [0, 0.05) is 0 Å². The molecule has 242 valence electrons. The fourth-order valence-corrected chi connectivity index (χ4v) is 8.79. The van der Waals surface area contributed by atoms with Gasteiger partial charge >= 0.3 is 0 Å². The van der Waals surface area contributed by atoms with Crippen LogP contribution in [0.5, 0.6) is 0 Å². The van der Waals surface area contributed by atoms with E-state index in [-0.39, 0.29) is 16.4 Å². The van der Waals surface area contributed by atoms with Crippen LogP contribution in [-0.2, 0) is 24.4 Å². The summed E-state index contributed by atoms with van der Waals surface area (Å²) in [5, 5.41) is 5.25. The molecular weight excluding hydrogens is 636 g/mol. The number of hydrogen-bond acceptors (Lipinski definition) is 5. The van der Waals surface area contributed by atoms with Crippen molar-refractivity contribution in [2.45, 2.75) is 61.7 Å². The van der Waals surface area contributed by atoms with Gasteiger partial charge in [-0.25, -0.2) is 0 Å². The molecule has 0 saturated carbocycles. The second-order valence-electron chi connectivity index (χ2n) is 10.9. The smallest absolute Gasteiger partial charge is 0.282 e. The van der Waals surface area contributed by atoms with Crippen molar-refractivity contribution >= 4 is 54.8 Å². The van der Waals surface area contributed by atoms with Crippen LogP contribution in [0.25, 0.3) is 10.8 Å². The lowest BCUT2D eigenvalue weighted by Crippen LogP contribution is -2.20. The highest BCUT2D eigenvalue weighted by Gasteiger charge is 2.17. The van der Waals surface area contributed by atoms with E-state index in [9.17, 15) is 16.8 Å². The van der Waals surface area contributed by atoms with Crippen LogP contribution in [0, 0.1) is 0 Å². The largest absolute Gasteiger partial charge is 0.296 e. The van der Waals surface area contributed by atoms with E-state index in [1.807, 2.05) is 0 Å². The molecule has 0 aliphatic carbocycles. The molecule has 5 aromatic rings. The Bertz CT molecular complexity index is 1770. The normalized spacial score (nSPS) is 11.7. The van der Waals surface area contributed by atoms with Gasteiger partial charge in [0.1, 0.15) is 0 Å². The Morgan fingerprint density at radius 1 is 0.543 bits per heavy atom. The SMILES string of the molecule is CCCCCCCCCOS(=O)(=O)c1ccc2ccc(S(=O)(=O)O)cc2c1.c1ccc(P(c2ccccc2)c2ccccc2)cc1. The second kappa shape index (κ2) is 17.5. The molecule has 0 atom stereocenters. The molecule has 0 bridgehead atoms. The monoisotopic (exact) mass is 676 g/mol. The number of hydrogen-bond donors (Lipinski definition) is 1. The van der Waals surface area contributed by atoms with E-state index in [0.717, 1.165) is 19.3 Å². The van der Waals surface area contributed by atoms with Crippen molar-refractivity contribution in [3.8, 4) is 0 Å². The highest BCUT2D eigenvalue weighted by molar-refractivity contribution is 7.86. The number of rotatable bonds is 14. The molecule has 0 aromatic heterocycles. The lowest BCUT2D eigenvalue weighted by atomic mass is 10.1. The van der Waals surface area contributed by atoms with Crippen LogP contribution in [0.15, 0.2) is 137 Å². The molecule has 0 radical (unpaired) electrons. The van der Waals surface area contributed by atoms with Crippen molar-refractivity contribution in [3.63, 3.8) is 0 Å². The highest BCUT2D eigenvalue weighted by atomic mass is 32.2. The Morgan fingerprint density at radius 2 is 0.978 bits per heavy atom. The van der Waals surface area contributed by atoms with Crippen LogP contribution in [0.3, 0.4) is 0 Å². The lowest BCUT2D eigenvalue weighted by molar-refractivity contribution is 0.306. The van der Waals surface area contributed by atoms with Gasteiger partial charge in [0.05, 0.1) is 16.4 Å². The molecule has 0 saturated heterocycles. The Morgan fingerprint density at radius 3 is 1.46 bits per heavy atom. The zero-order chi connectivity index (χ0) is 32.8. The van der Waals surface area contributed by atoms with Crippen LogP contribution >= 0.6 is 7.92 Å². The maximum atomic E-state index is 12.3. The van der Waals surface area contributed by atoms with Gasteiger partial charge < -0.3 is 0 Å². The van der Waals surface area contributed by atoms with E-state index in [1.165, 1.54) is 65.5 Å². The highest BCUT2D eigenvalue weighted by Crippen LogP contribution is 2.32. The zero-order valence-corrected chi connectivity index (χ0v) is 28.6. The lowest BCUT2D eigenvalue weighted by Gasteiger charge is -2.18. The Hall–Kier alpha value is -3.39. The van der Waals surface area contributed by atoms with E-state index in [1.54, 1.807) is 6.07 Å². The summed E-state index contributed by atoms with van der Waals surface area (Å²) in [6, 6.07) is 40.7. The van der Waals surface area contributed by atoms with Gasteiger partial charge in [-0.2, -0.15) is 16.8 Å². The summed E-state index contributed by atoms with van der Waals surface area (Å²) in [4.78, 5) is -0.320. The summed E-state index contributed by atoms with van der Waals surface area (Å²) in [5.41, 5.74) is 0. The summed E-state index contributed by atoms with van der Waals surface area (Å²) in [6.45, 7) is 2.29. The second-order valence-corrected chi connectivity index (χ2v) is 16.1. The van der Waals surface area contributed by atoms with Crippen molar-refractivity contribution in [1.29, 1.82) is 0 Å². The molecule has 0 spiro atoms. The van der Waals surface area contributed by atoms with Gasteiger partial charge in [-0.1, -0.05) is 149 Å². The van der Waals surface area contributed by atoms with Crippen LogP contribution in [0.4, 0.5) is 0 Å². The zero-order valence-electron chi connectivity index (χ0n) is 26.0. The van der Waals surface area contributed by atoms with Gasteiger partial charge in [0.25, 0.3) is 20.2 Å². The van der Waals surface area contributed by atoms with E-state index < -0.39 is 28.2 Å². The van der Waals surface area contributed by atoms with Gasteiger partial charge in [-0.3, -0.25) is 8.74 Å². The van der Waals surface area contributed by atoms with E-state index >= 15 is 0 Å². The maximum absolute atomic E-state index is 12.3. The quantitative estimate of drug-likeness (QED) is 0.0554. The first-order chi connectivity index (χ1) is 22.2. The van der Waals surface area contributed by atoms with Crippen molar-refractivity contribution in [2.24, 2.45) is 0 Å². The average Bonchev–Trinajstić information content (AvgIpc) is 3.07. The Kier molecular flexibility index (Phi) is 13.5. The summed E-state index contributed by atoms with van der Waals surface area (Å²) in [5.74, 6) is 0. The van der Waals surface area contributed by atoms with Gasteiger partial charge in [-0.05, 0) is 65.3 Å². The number of fused-ring (bicyclic) bond motifs is 1. The standard InChI is InChI=1S/C19H26O6S2.C18H15P/c1-2-3-4-5-6-7-8-13-25-27(23,24)19-12-10-16-9-11-18(26(20,21)22)14-17(16)15-19;1-4-10-16(11-5-1)19(17-12-6-2-7-13-17)18-14-8-3-9-15-18/h9-12,14-15H,2-8,13H2,1H3,(H,20,21,22);1-15H. The molecule has 0 heterocycles. The topological polar surface area (TPSA) is 97.7 Å². The fourth-order valence-electron chi connectivity index (χ4n) is 4.99. The molecule has 6 nitrogen and oxygen atoms in total. The molecule has 1 N–H and O–H groups in total. The van der Waals surface area contributed by atoms with E-state index in [2.05, 4.69) is 97.9 Å². The molecule has 0 aliphatic heterocycles. The molecule has 46 heavy (non-hydrogen) atoms. The molecule has 0 fully saturated rings. The number of benzene rings is 5. The summed E-state index contributed by atoms with van der Waals surface area (Å²) in [7, 11) is -8.71. The van der Waals surface area contributed by atoms with Crippen molar-refractivity contribution < 1.29 is 25.6 Å². The third-order valence-electron chi connectivity index (χ3n) is 7.40. The molecule has 9 heteroatoms. The predicted molar refractivity (Wildman–Crippen MR) is 190 cm³/mol. The molecule has 0 unspecified atom stereocenters. The molecule has 0 aliphatic rings. The van der Waals surface area contributed by atoms with Gasteiger partial charge in [-0.15, -0.1) is 0 Å². The average molecular weight is 677 g/mol. The third kappa shape index (κ3) is 10.6. The van der Waals surface area contributed by atoms with Crippen LogP contribution in [0.2, 0.25) is 0 Å². The van der Waals surface area contributed by atoms with Crippen LogP contribution in [0.1, 0.15) is 51.9 Å². The first kappa shape index (κ1) is 35.5. The van der Waals surface area contributed by atoms with E-state index in [0.29, 0.717) is 17.2 Å². The fraction of sp³-hybridized carbons (Fsp3) is 0.243. The van der Waals surface area contributed by atoms with Crippen molar-refractivity contribution in [1.82, 2.24) is 0 Å².